The van der Waals surface area contributed by atoms with E-state index < -0.39 is 11.8 Å². The van der Waals surface area contributed by atoms with Gasteiger partial charge in [-0.25, -0.2) is 18.7 Å². The van der Waals surface area contributed by atoms with E-state index in [2.05, 4.69) is 35.8 Å². The summed E-state index contributed by atoms with van der Waals surface area (Å²) in [6, 6.07) is 3.62. The number of nitrogens with zero attached hydrogens (tertiary/aromatic N) is 5. The van der Waals surface area contributed by atoms with Crippen LogP contribution in [0.2, 0.25) is 0 Å². The number of aromatic amines is 1. The lowest BCUT2D eigenvalue weighted by Gasteiger charge is -2.41. The molecule has 164 valence electrons. The second-order valence-electron chi connectivity index (χ2n) is 7.62. The van der Waals surface area contributed by atoms with E-state index in [1.54, 1.807) is 6.07 Å². The van der Waals surface area contributed by atoms with Crippen LogP contribution in [0.5, 0.6) is 11.5 Å². The number of aromatic nitrogens is 5. The van der Waals surface area contributed by atoms with Crippen LogP contribution < -0.4 is 20.1 Å². The summed E-state index contributed by atoms with van der Waals surface area (Å²) < 4.78 is 38.7. The predicted molar refractivity (Wildman–Crippen MR) is 108 cm³/mol. The van der Waals surface area contributed by atoms with Gasteiger partial charge in [0.15, 0.2) is 23.0 Å². The van der Waals surface area contributed by atoms with Gasteiger partial charge in [0.1, 0.15) is 18.5 Å². The summed E-state index contributed by atoms with van der Waals surface area (Å²) in [7, 11) is 0. The van der Waals surface area contributed by atoms with Crippen molar-refractivity contribution in [3.05, 3.63) is 36.0 Å². The number of alkyl halides is 2. The van der Waals surface area contributed by atoms with E-state index in [1.165, 1.54) is 18.6 Å². The minimum absolute atomic E-state index is 0.148. The Labute approximate surface area is 181 Å². The van der Waals surface area contributed by atoms with Gasteiger partial charge < -0.3 is 20.1 Å². The standard InChI is InChI=1S/C20H18F2N8O2/c21-19(22)20(8-24-9-20)10-32-14-6-26-12-1-2-31-18(12)17(14)13-3-15(30-29-13)28-16-7-25-11(4-23)5-27-16/h3,5-7,19,24H,1-2,8-10H2,(H2,27,28,29,30). The molecule has 0 saturated carbocycles. The molecule has 5 heterocycles. The molecule has 10 nitrogen and oxygen atoms in total. The lowest BCUT2D eigenvalue weighted by molar-refractivity contribution is -0.0682. The van der Waals surface area contributed by atoms with Crippen molar-refractivity contribution in [3.63, 3.8) is 0 Å². The molecule has 0 spiro atoms. The number of halogens is 2. The molecule has 32 heavy (non-hydrogen) atoms. The molecule has 0 aliphatic carbocycles. The van der Waals surface area contributed by atoms with E-state index in [4.69, 9.17) is 14.7 Å². The van der Waals surface area contributed by atoms with Crippen LogP contribution in [0, 0.1) is 16.7 Å². The summed E-state index contributed by atoms with van der Waals surface area (Å²) in [4.78, 5) is 12.4. The monoisotopic (exact) mass is 440 g/mol. The van der Waals surface area contributed by atoms with Crippen LogP contribution in [0.15, 0.2) is 24.7 Å². The third kappa shape index (κ3) is 3.56. The fourth-order valence-corrected chi connectivity index (χ4v) is 3.55. The minimum atomic E-state index is -2.50. The zero-order valence-corrected chi connectivity index (χ0v) is 16.7. The van der Waals surface area contributed by atoms with Gasteiger partial charge in [-0.3, -0.25) is 10.1 Å². The Bertz CT molecular complexity index is 1170. The molecule has 0 unspecified atom stereocenters. The van der Waals surface area contributed by atoms with Crippen molar-refractivity contribution in [2.75, 3.05) is 31.6 Å². The average molecular weight is 440 g/mol. The van der Waals surface area contributed by atoms with Crippen molar-refractivity contribution < 1.29 is 18.3 Å². The summed E-state index contributed by atoms with van der Waals surface area (Å²) in [6.07, 6.45) is 2.45. The van der Waals surface area contributed by atoms with Crippen LogP contribution in [0.4, 0.5) is 20.4 Å². The number of fused-ring (bicyclic) bond motifs is 1. The number of pyridine rings is 1. The Morgan fingerprint density at radius 3 is 2.78 bits per heavy atom. The van der Waals surface area contributed by atoms with E-state index >= 15 is 0 Å². The summed E-state index contributed by atoms with van der Waals surface area (Å²) >= 11 is 0. The van der Waals surface area contributed by atoms with E-state index in [0.717, 1.165) is 5.69 Å². The van der Waals surface area contributed by atoms with E-state index in [0.29, 0.717) is 47.4 Å². The molecule has 2 aliphatic rings. The number of nitriles is 1. The van der Waals surface area contributed by atoms with Gasteiger partial charge in [0.05, 0.1) is 47.6 Å². The van der Waals surface area contributed by atoms with Crippen LogP contribution in [0.3, 0.4) is 0 Å². The highest BCUT2D eigenvalue weighted by molar-refractivity contribution is 5.77. The van der Waals surface area contributed by atoms with Crippen molar-refractivity contribution in [3.8, 4) is 28.8 Å². The number of rotatable bonds is 7. The Kier molecular flexibility index (Phi) is 5.02. The number of H-pyrrole nitrogens is 1. The van der Waals surface area contributed by atoms with Crippen molar-refractivity contribution in [2.24, 2.45) is 5.41 Å². The Hall–Kier alpha value is -3.85. The van der Waals surface area contributed by atoms with E-state index in [9.17, 15) is 8.78 Å². The van der Waals surface area contributed by atoms with Crippen LogP contribution in [-0.2, 0) is 6.42 Å². The van der Waals surface area contributed by atoms with Crippen molar-refractivity contribution in [2.45, 2.75) is 12.8 Å². The highest BCUT2D eigenvalue weighted by atomic mass is 19.3. The largest absolute Gasteiger partial charge is 0.490 e. The third-order valence-corrected chi connectivity index (χ3v) is 5.46. The topological polar surface area (TPSA) is 134 Å². The number of anilines is 2. The summed E-state index contributed by atoms with van der Waals surface area (Å²) in [6.45, 7) is 0.714. The number of hydrogen-bond acceptors (Lipinski definition) is 9. The maximum atomic E-state index is 13.5. The molecular weight excluding hydrogens is 422 g/mol. The molecule has 1 saturated heterocycles. The predicted octanol–water partition coefficient (Wildman–Crippen LogP) is 2.05. The lowest BCUT2D eigenvalue weighted by atomic mass is 9.83. The number of nitrogens with one attached hydrogen (secondary N) is 3. The first-order valence-electron chi connectivity index (χ1n) is 9.89. The molecule has 0 radical (unpaired) electrons. The first-order chi connectivity index (χ1) is 15.6. The SMILES string of the molecule is N#Cc1cnc(Nc2cc(-c3c(OCC4(C(F)F)CNC4)cnc4c3OCC4)[nH]n2)cn1. The second-order valence-corrected chi connectivity index (χ2v) is 7.62. The fraction of sp³-hybridized carbons (Fsp3) is 0.350. The number of ether oxygens (including phenoxy) is 2. The summed E-state index contributed by atoms with van der Waals surface area (Å²) in [5, 5.41) is 21.9. The first kappa shape index (κ1) is 20.1. The zero-order valence-electron chi connectivity index (χ0n) is 16.7. The smallest absolute Gasteiger partial charge is 0.249 e. The Morgan fingerprint density at radius 2 is 2.09 bits per heavy atom. The molecule has 0 atom stereocenters. The van der Waals surface area contributed by atoms with Crippen LogP contribution in [0.1, 0.15) is 11.4 Å². The quantitative estimate of drug-likeness (QED) is 0.505. The molecule has 12 heteroatoms. The second kappa shape index (κ2) is 8.01. The minimum Gasteiger partial charge on any atom is -0.490 e. The Balaban J connectivity index is 1.42. The fourth-order valence-electron chi connectivity index (χ4n) is 3.55. The maximum absolute atomic E-state index is 13.5. The van der Waals surface area contributed by atoms with Crippen LogP contribution in [-0.4, -0.2) is 57.9 Å². The van der Waals surface area contributed by atoms with E-state index in [-0.39, 0.29) is 25.4 Å². The van der Waals surface area contributed by atoms with Gasteiger partial charge in [-0.05, 0) is 0 Å². The zero-order chi connectivity index (χ0) is 22.1. The van der Waals surface area contributed by atoms with Gasteiger partial charge >= 0.3 is 0 Å². The summed E-state index contributed by atoms with van der Waals surface area (Å²) in [5.74, 6) is 1.74. The molecule has 0 bridgehead atoms. The molecule has 3 aromatic heterocycles. The highest BCUT2D eigenvalue weighted by Gasteiger charge is 2.46. The van der Waals surface area contributed by atoms with Gasteiger partial charge in [0, 0.05) is 25.6 Å². The Morgan fingerprint density at radius 1 is 1.22 bits per heavy atom. The molecule has 0 amide bonds. The molecule has 2 aliphatic heterocycles. The molecule has 1 fully saturated rings. The lowest BCUT2D eigenvalue weighted by Crippen LogP contribution is -2.60. The molecule has 3 aromatic rings. The molecular formula is C20H18F2N8O2. The van der Waals surface area contributed by atoms with Gasteiger partial charge in [0.2, 0.25) is 6.43 Å². The van der Waals surface area contributed by atoms with Crippen LogP contribution >= 0.6 is 0 Å². The molecule has 0 aromatic carbocycles. The van der Waals surface area contributed by atoms with Crippen molar-refractivity contribution >= 4 is 11.6 Å². The summed E-state index contributed by atoms with van der Waals surface area (Å²) in [5.41, 5.74) is 0.903. The number of hydrogen-bond donors (Lipinski definition) is 3. The van der Waals surface area contributed by atoms with Crippen LogP contribution in [0.25, 0.3) is 11.3 Å². The van der Waals surface area contributed by atoms with Gasteiger partial charge in [-0.2, -0.15) is 10.4 Å². The molecule has 5 rings (SSSR count). The van der Waals surface area contributed by atoms with Crippen molar-refractivity contribution in [1.29, 1.82) is 5.26 Å². The van der Waals surface area contributed by atoms with E-state index in [1.807, 2.05) is 6.07 Å². The van der Waals surface area contributed by atoms with Gasteiger partial charge in [0.25, 0.3) is 0 Å². The van der Waals surface area contributed by atoms with Gasteiger partial charge in [-0.1, -0.05) is 0 Å². The average Bonchev–Trinajstić information content (AvgIpc) is 3.42. The highest BCUT2D eigenvalue weighted by Crippen LogP contribution is 2.43. The van der Waals surface area contributed by atoms with Crippen molar-refractivity contribution in [1.82, 2.24) is 30.5 Å². The maximum Gasteiger partial charge on any atom is 0.249 e. The third-order valence-electron chi connectivity index (χ3n) is 5.46. The molecule has 3 N–H and O–H groups in total. The van der Waals surface area contributed by atoms with Gasteiger partial charge in [-0.15, -0.1) is 0 Å². The first-order valence-corrected chi connectivity index (χ1v) is 9.89. The normalized spacial score (nSPS) is 16.1.